The second kappa shape index (κ2) is 5.68. The summed E-state index contributed by atoms with van der Waals surface area (Å²) in [6.07, 6.45) is 9.17. The van der Waals surface area contributed by atoms with Crippen LogP contribution in [0.4, 0.5) is 0 Å². The molecule has 0 heterocycles. The summed E-state index contributed by atoms with van der Waals surface area (Å²) in [4.78, 5) is 0. The van der Waals surface area contributed by atoms with Crippen LogP contribution in [-0.2, 0) is 12.8 Å². The van der Waals surface area contributed by atoms with Crippen molar-refractivity contribution in [2.45, 2.75) is 57.4 Å². The van der Waals surface area contributed by atoms with Crippen molar-refractivity contribution in [3.63, 3.8) is 0 Å². The van der Waals surface area contributed by atoms with Gasteiger partial charge in [0.25, 0.3) is 0 Å². The first-order valence-corrected chi connectivity index (χ1v) is 7.05. The van der Waals surface area contributed by atoms with Crippen LogP contribution in [0.3, 0.4) is 0 Å². The predicted molar refractivity (Wildman–Crippen MR) is 74.4 cm³/mol. The lowest BCUT2D eigenvalue weighted by atomic mass is 9.77. The van der Waals surface area contributed by atoms with Gasteiger partial charge in [-0.05, 0) is 43.9 Å². The number of nitrogens with one attached hydrogen (secondary N) is 1. The van der Waals surface area contributed by atoms with Crippen molar-refractivity contribution in [3.8, 4) is 0 Å². The van der Waals surface area contributed by atoms with Crippen molar-refractivity contribution in [2.24, 2.45) is 0 Å². The van der Waals surface area contributed by atoms with Gasteiger partial charge in [0.2, 0.25) is 0 Å². The van der Waals surface area contributed by atoms with Crippen molar-refractivity contribution >= 4 is 0 Å². The monoisotopic (exact) mass is 231 g/mol. The van der Waals surface area contributed by atoms with Crippen LogP contribution >= 0.6 is 0 Å². The van der Waals surface area contributed by atoms with E-state index >= 15 is 0 Å². The van der Waals surface area contributed by atoms with Gasteiger partial charge < -0.3 is 5.32 Å². The molecule has 1 aromatic carbocycles. The van der Waals surface area contributed by atoms with E-state index < -0.39 is 0 Å². The van der Waals surface area contributed by atoms with Crippen LogP contribution in [0.15, 0.2) is 24.3 Å². The van der Waals surface area contributed by atoms with E-state index in [4.69, 9.17) is 0 Å². The van der Waals surface area contributed by atoms with Gasteiger partial charge in [-0.15, -0.1) is 0 Å². The van der Waals surface area contributed by atoms with Crippen molar-refractivity contribution < 1.29 is 0 Å². The van der Waals surface area contributed by atoms with E-state index in [1.807, 2.05) is 0 Å². The van der Waals surface area contributed by atoms with E-state index in [1.54, 1.807) is 0 Å². The Kier molecular flexibility index (Phi) is 4.22. The third kappa shape index (κ3) is 3.10. The lowest BCUT2D eigenvalue weighted by Crippen LogP contribution is -2.46. The molecule has 0 aromatic heterocycles. The molecule has 17 heavy (non-hydrogen) atoms. The Balaban J connectivity index is 2.06. The van der Waals surface area contributed by atoms with Gasteiger partial charge in [0.15, 0.2) is 0 Å². The predicted octanol–water partition coefficient (Wildman–Crippen LogP) is 3.71. The Hall–Kier alpha value is -0.820. The maximum Gasteiger partial charge on any atom is 0.0218 e. The molecule has 1 aromatic rings. The number of hydrogen-bond donors (Lipinski definition) is 1. The zero-order valence-electron chi connectivity index (χ0n) is 11.3. The van der Waals surface area contributed by atoms with Gasteiger partial charge in [0, 0.05) is 5.54 Å². The first-order chi connectivity index (χ1) is 8.28. The van der Waals surface area contributed by atoms with Crippen LogP contribution < -0.4 is 5.32 Å². The first kappa shape index (κ1) is 12.6. The fraction of sp³-hybridized carbons (Fsp3) is 0.625. The Morgan fingerprint density at radius 1 is 1.00 bits per heavy atom. The molecule has 0 saturated heterocycles. The third-order valence-corrected chi connectivity index (χ3v) is 4.31. The molecule has 1 fully saturated rings. The maximum atomic E-state index is 3.59. The molecule has 0 amide bonds. The molecule has 1 N–H and O–H groups in total. The average molecular weight is 231 g/mol. The number of hydrogen-bond acceptors (Lipinski definition) is 1. The van der Waals surface area contributed by atoms with Crippen LogP contribution in [-0.4, -0.2) is 12.6 Å². The van der Waals surface area contributed by atoms with Crippen molar-refractivity contribution in [1.29, 1.82) is 0 Å². The lowest BCUT2D eigenvalue weighted by Gasteiger charge is -2.37. The average Bonchev–Trinajstić information content (AvgIpc) is 2.41. The summed E-state index contributed by atoms with van der Waals surface area (Å²) in [6, 6.07) is 9.18. The fourth-order valence-electron chi connectivity index (χ4n) is 3.03. The van der Waals surface area contributed by atoms with E-state index in [1.165, 1.54) is 49.7 Å². The summed E-state index contributed by atoms with van der Waals surface area (Å²) in [5.74, 6) is 0. The molecule has 0 unspecified atom stereocenters. The van der Waals surface area contributed by atoms with Crippen molar-refractivity contribution in [3.05, 3.63) is 35.4 Å². The van der Waals surface area contributed by atoms with E-state index in [2.05, 4.69) is 43.6 Å². The molecule has 0 radical (unpaired) electrons. The standard InChI is InChI=1S/C16H25N/c1-3-14-7-9-15(10-8-14)13-16(17-2)11-5-4-6-12-16/h7-10,17H,3-6,11-13H2,1-2H3. The van der Waals surface area contributed by atoms with Gasteiger partial charge in [-0.1, -0.05) is 50.5 Å². The van der Waals surface area contributed by atoms with E-state index in [0.717, 1.165) is 6.42 Å². The zero-order chi connectivity index (χ0) is 12.1. The molecule has 0 spiro atoms. The molecular weight excluding hydrogens is 206 g/mol. The minimum atomic E-state index is 0.367. The lowest BCUT2D eigenvalue weighted by molar-refractivity contribution is 0.245. The first-order valence-electron chi connectivity index (χ1n) is 7.05. The van der Waals surface area contributed by atoms with Crippen LogP contribution in [0.2, 0.25) is 0 Å². The molecule has 1 aliphatic carbocycles. The number of rotatable bonds is 4. The van der Waals surface area contributed by atoms with Gasteiger partial charge in [-0.2, -0.15) is 0 Å². The highest BCUT2D eigenvalue weighted by Gasteiger charge is 2.30. The summed E-state index contributed by atoms with van der Waals surface area (Å²) in [6.45, 7) is 2.21. The van der Waals surface area contributed by atoms with Crippen LogP contribution in [0, 0.1) is 0 Å². The van der Waals surface area contributed by atoms with Gasteiger partial charge in [0.05, 0.1) is 0 Å². The van der Waals surface area contributed by atoms with Crippen LogP contribution in [0.25, 0.3) is 0 Å². The van der Waals surface area contributed by atoms with E-state index in [0.29, 0.717) is 5.54 Å². The fourth-order valence-corrected chi connectivity index (χ4v) is 3.03. The maximum absolute atomic E-state index is 3.59. The molecule has 0 atom stereocenters. The van der Waals surface area contributed by atoms with Crippen LogP contribution in [0.5, 0.6) is 0 Å². The number of likely N-dealkylation sites (N-methyl/N-ethyl adjacent to an activating group) is 1. The Labute approximate surface area is 106 Å². The van der Waals surface area contributed by atoms with E-state index in [9.17, 15) is 0 Å². The summed E-state index contributed by atoms with van der Waals surface area (Å²) < 4.78 is 0. The zero-order valence-corrected chi connectivity index (χ0v) is 11.3. The van der Waals surface area contributed by atoms with Gasteiger partial charge in [0.1, 0.15) is 0 Å². The Morgan fingerprint density at radius 2 is 1.59 bits per heavy atom. The number of aryl methyl sites for hydroxylation is 1. The summed E-state index contributed by atoms with van der Waals surface area (Å²) in [7, 11) is 2.13. The highest BCUT2D eigenvalue weighted by molar-refractivity contribution is 5.24. The molecule has 0 bridgehead atoms. The normalized spacial score (nSPS) is 19.2. The summed E-state index contributed by atoms with van der Waals surface area (Å²) >= 11 is 0. The van der Waals surface area contributed by atoms with Gasteiger partial charge >= 0.3 is 0 Å². The number of benzene rings is 1. The van der Waals surface area contributed by atoms with Crippen LogP contribution in [0.1, 0.15) is 50.2 Å². The van der Waals surface area contributed by atoms with Crippen molar-refractivity contribution in [1.82, 2.24) is 5.32 Å². The molecule has 1 nitrogen and oxygen atoms in total. The minimum Gasteiger partial charge on any atom is -0.314 e. The Bertz CT molecular complexity index is 333. The summed E-state index contributed by atoms with van der Waals surface area (Å²) in [5.41, 5.74) is 3.29. The van der Waals surface area contributed by atoms with Gasteiger partial charge in [-0.25, -0.2) is 0 Å². The SMILES string of the molecule is CCc1ccc(CC2(NC)CCCCC2)cc1. The van der Waals surface area contributed by atoms with E-state index in [-0.39, 0.29) is 0 Å². The molecule has 0 aliphatic heterocycles. The molecule has 2 rings (SSSR count). The smallest absolute Gasteiger partial charge is 0.0218 e. The summed E-state index contributed by atoms with van der Waals surface area (Å²) in [5, 5.41) is 3.59. The third-order valence-electron chi connectivity index (χ3n) is 4.31. The Morgan fingerprint density at radius 3 is 2.12 bits per heavy atom. The molecule has 1 saturated carbocycles. The second-order valence-corrected chi connectivity index (χ2v) is 5.44. The second-order valence-electron chi connectivity index (χ2n) is 5.44. The highest BCUT2D eigenvalue weighted by Crippen LogP contribution is 2.31. The molecule has 1 aliphatic rings. The topological polar surface area (TPSA) is 12.0 Å². The minimum absolute atomic E-state index is 0.367. The van der Waals surface area contributed by atoms with Crippen molar-refractivity contribution in [2.75, 3.05) is 7.05 Å². The largest absolute Gasteiger partial charge is 0.314 e. The molecule has 94 valence electrons. The molecule has 1 heteroatoms. The molecular formula is C16H25N. The van der Waals surface area contributed by atoms with Gasteiger partial charge in [-0.3, -0.25) is 0 Å². The highest BCUT2D eigenvalue weighted by atomic mass is 14.9. The quantitative estimate of drug-likeness (QED) is 0.833.